The minimum atomic E-state index is 0.413. The van der Waals surface area contributed by atoms with Crippen molar-refractivity contribution in [2.45, 2.75) is 39.0 Å². The number of hydrogen-bond acceptors (Lipinski definition) is 2. The summed E-state index contributed by atoms with van der Waals surface area (Å²) in [6.07, 6.45) is 6.68. The Morgan fingerprint density at radius 1 is 1.35 bits per heavy atom. The van der Waals surface area contributed by atoms with Gasteiger partial charge < -0.3 is 11.1 Å². The second kappa shape index (κ2) is 7.28. The topological polar surface area (TPSA) is 38.0 Å². The molecule has 2 nitrogen and oxygen atoms in total. The molecule has 20 heavy (non-hydrogen) atoms. The fourth-order valence-corrected chi connectivity index (χ4v) is 3.26. The average molecular weight is 311 g/mol. The van der Waals surface area contributed by atoms with E-state index >= 15 is 0 Å². The Hall–Kier alpha value is -0.800. The predicted octanol–water partition coefficient (Wildman–Crippen LogP) is 4.60. The lowest BCUT2D eigenvalue weighted by molar-refractivity contribution is 0.282. The standard InChI is InChI=1S/C16H23ClN2S/c1-11-2-4-12(5-3-11)8-9-19-15-10-13(17)6-7-14(15)16(18)20/h6-7,10-12,19H,2-5,8-9H2,1H3,(H2,18,20). The first kappa shape index (κ1) is 15.6. The van der Waals surface area contributed by atoms with Gasteiger partial charge in [-0.3, -0.25) is 0 Å². The number of nitrogens with one attached hydrogen (secondary N) is 1. The Labute approximate surface area is 132 Å². The van der Waals surface area contributed by atoms with Gasteiger partial charge in [0.1, 0.15) is 4.99 Å². The van der Waals surface area contributed by atoms with Gasteiger partial charge in [0.15, 0.2) is 0 Å². The van der Waals surface area contributed by atoms with E-state index in [9.17, 15) is 0 Å². The summed E-state index contributed by atoms with van der Waals surface area (Å²) >= 11 is 11.1. The van der Waals surface area contributed by atoms with E-state index in [0.717, 1.165) is 29.6 Å². The zero-order chi connectivity index (χ0) is 14.5. The number of thiocarbonyl (C=S) groups is 1. The van der Waals surface area contributed by atoms with E-state index in [1.807, 2.05) is 18.2 Å². The molecule has 0 saturated heterocycles. The van der Waals surface area contributed by atoms with E-state index in [0.29, 0.717) is 10.0 Å². The summed E-state index contributed by atoms with van der Waals surface area (Å²) in [5, 5.41) is 4.15. The Bertz CT molecular complexity index is 468. The van der Waals surface area contributed by atoms with Gasteiger partial charge in [0.05, 0.1) is 0 Å². The number of nitrogens with two attached hydrogens (primary N) is 1. The lowest BCUT2D eigenvalue weighted by atomic mass is 9.81. The second-order valence-electron chi connectivity index (χ2n) is 5.90. The van der Waals surface area contributed by atoms with Gasteiger partial charge in [0.2, 0.25) is 0 Å². The molecule has 0 aliphatic heterocycles. The molecule has 1 aromatic carbocycles. The molecule has 0 spiro atoms. The summed E-state index contributed by atoms with van der Waals surface area (Å²) in [4.78, 5) is 0.413. The Kier molecular flexibility index (Phi) is 5.67. The minimum absolute atomic E-state index is 0.413. The highest BCUT2D eigenvalue weighted by atomic mass is 35.5. The molecule has 0 heterocycles. The molecule has 1 saturated carbocycles. The molecule has 4 heteroatoms. The van der Waals surface area contributed by atoms with Crippen LogP contribution < -0.4 is 11.1 Å². The lowest BCUT2D eigenvalue weighted by Gasteiger charge is -2.26. The van der Waals surface area contributed by atoms with Crippen molar-refractivity contribution in [1.82, 2.24) is 0 Å². The van der Waals surface area contributed by atoms with Crippen LogP contribution in [0.5, 0.6) is 0 Å². The molecule has 1 aliphatic carbocycles. The molecule has 0 unspecified atom stereocenters. The van der Waals surface area contributed by atoms with Crippen molar-refractivity contribution < 1.29 is 0 Å². The van der Waals surface area contributed by atoms with Crippen molar-refractivity contribution in [2.24, 2.45) is 17.6 Å². The van der Waals surface area contributed by atoms with Gasteiger partial charge in [-0.1, -0.05) is 56.4 Å². The number of anilines is 1. The van der Waals surface area contributed by atoms with E-state index < -0.39 is 0 Å². The first-order valence-corrected chi connectivity index (χ1v) is 8.18. The maximum atomic E-state index is 6.04. The molecule has 0 amide bonds. The molecule has 0 bridgehead atoms. The summed E-state index contributed by atoms with van der Waals surface area (Å²) < 4.78 is 0. The van der Waals surface area contributed by atoms with Crippen LogP contribution in [0.3, 0.4) is 0 Å². The summed E-state index contributed by atoms with van der Waals surface area (Å²) in [6, 6.07) is 5.61. The summed E-state index contributed by atoms with van der Waals surface area (Å²) in [5.74, 6) is 1.76. The molecular weight excluding hydrogens is 288 g/mol. The summed E-state index contributed by atoms with van der Waals surface area (Å²) in [5.41, 5.74) is 7.57. The lowest BCUT2D eigenvalue weighted by Crippen LogP contribution is -2.17. The molecule has 110 valence electrons. The fraction of sp³-hybridized carbons (Fsp3) is 0.562. The molecule has 3 N–H and O–H groups in total. The monoisotopic (exact) mass is 310 g/mol. The molecule has 1 aliphatic rings. The number of hydrogen-bond donors (Lipinski definition) is 2. The maximum absolute atomic E-state index is 6.04. The van der Waals surface area contributed by atoms with Crippen LogP contribution in [0.4, 0.5) is 5.69 Å². The van der Waals surface area contributed by atoms with Crippen LogP contribution in [0, 0.1) is 11.8 Å². The zero-order valence-electron chi connectivity index (χ0n) is 12.0. The third-order valence-corrected chi connectivity index (χ3v) is 4.71. The van der Waals surface area contributed by atoms with E-state index in [4.69, 9.17) is 29.6 Å². The highest BCUT2D eigenvalue weighted by molar-refractivity contribution is 7.80. The van der Waals surface area contributed by atoms with E-state index in [1.165, 1.54) is 32.1 Å². The highest BCUT2D eigenvalue weighted by Crippen LogP contribution is 2.30. The zero-order valence-corrected chi connectivity index (χ0v) is 13.6. The van der Waals surface area contributed by atoms with Gasteiger partial charge in [0.25, 0.3) is 0 Å². The Morgan fingerprint density at radius 2 is 2.05 bits per heavy atom. The molecule has 2 rings (SSSR count). The quantitative estimate of drug-likeness (QED) is 0.780. The Morgan fingerprint density at radius 3 is 2.70 bits per heavy atom. The molecule has 1 fully saturated rings. The second-order valence-corrected chi connectivity index (χ2v) is 6.77. The van der Waals surface area contributed by atoms with Gasteiger partial charge in [0, 0.05) is 22.8 Å². The number of halogens is 1. The molecule has 0 aromatic heterocycles. The molecule has 0 radical (unpaired) electrons. The van der Waals surface area contributed by atoms with Crippen LogP contribution in [0.2, 0.25) is 5.02 Å². The van der Waals surface area contributed by atoms with Gasteiger partial charge in [-0.15, -0.1) is 0 Å². The largest absolute Gasteiger partial charge is 0.389 e. The predicted molar refractivity (Wildman–Crippen MR) is 91.6 cm³/mol. The van der Waals surface area contributed by atoms with Crippen molar-refractivity contribution in [3.8, 4) is 0 Å². The Balaban J connectivity index is 1.87. The van der Waals surface area contributed by atoms with Crippen molar-refractivity contribution in [1.29, 1.82) is 0 Å². The van der Waals surface area contributed by atoms with Gasteiger partial charge in [-0.2, -0.15) is 0 Å². The van der Waals surface area contributed by atoms with Crippen LogP contribution in [0.1, 0.15) is 44.6 Å². The van der Waals surface area contributed by atoms with Crippen LogP contribution in [-0.2, 0) is 0 Å². The van der Waals surface area contributed by atoms with Crippen molar-refractivity contribution in [3.63, 3.8) is 0 Å². The molecular formula is C16H23ClN2S. The van der Waals surface area contributed by atoms with E-state index in [2.05, 4.69) is 12.2 Å². The van der Waals surface area contributed by atoms with Crippen LogP contribution in [0.15, 0.2) is 18.2 Å². The van der Waals surface area contributed by atoms with Crippen molar-refractivity contribution >= 4 is 34.5 Å². The number of benzene rings is 1. The maximum Gasteiger partial charge on any atom is 0.106 e. The van der Waals surface area contributed by atoms with E-state index in [1.54, 1.807) is 0 Å². The smallest absolute Gasteiger partial charge is 0.106 e. The van der Waals surface area contributed by atoms with Crippen LogP contribution in [-0.4, -0.2) is 11.5 Å². The summed E-state index contributed by atoms with van der Waals surface area (Å²) in [6.45, 7) is 3.31. The third kappa shape index (κ3) is 4.35. The van der Waals surface area contributed by atoms with Crippen LogP contribution >= 0.6 is 23.8 Å². The molecule has 0 atom stereocenters. The summed E-state index contributed by atoms with van der Waals surface area (Å²) in [7, 11) is 0. The van der Waals surface area contributed by atoms with Crippen molar-refractivity contribution in [2.75, 3.05) is 11.9 Å². The SMILES string of the molecule is CC1CCC(CCNc2cc(Cl)ccc2C(N)=S)CC1. The minimum Gasteiger partial charge on any atom is -0.389 e. The van der Waals surface area contributed by atoms with Gasteiger partial charge in [-0.05, 0) is 36.5 Å². The van der Waals surface area contributed by atoms with E-state index in [-0.39, 0.29) is 0 Å². The normalized spacial score (nSPS) is 22.5. The first-order chi connectivity index (χ1) is 9.56. The molecule has 1 aromatic rings. The van der Waals surface area contributed by atoms with Crippen LogP contribution in [0.25, 0.3) is 0 Å². The highest BCUT2D eigenvalue weighted by Gasteiger charge is 2.17. The fourth-order valence-electron chi connectivity index (χ4n) is 2.91. The third-order valence-electron chi connectivity index (χ3n) is 4.25. The number of rotatable bonds is 5. The van der Waals surface area contributed by atoms with Gasteiger partial charge >= 0.3 is 0 Å². The average Bonchev–Trinajstić information content (AvgIpc) is 2.41. The van der Waals surface area contributed by atoms with Crippen molar-refractivity contribution in [3.05, 3.63) is 28.8 Å². The van der Waals surface area contributed by atoms with Gasteiger partial charge in [-0.25, -0.2) is 0 Å². The first-order valence-electron chi connectivity index (χ1n) is 7.39.